The lowest BCUT2D eigenvalue weighted by atomic mass is 9.46. The summed E-state index contributed by atoms with van der Waals surface area (Å²) in [7, 11) is 5.23. The van der Waals surface area contributed by atoms with Crippen molar-refractivity contribution in [3.63, 3.8) is 0 Å². The van der Waals surface area contributed by atoms with Crippen LogP contribution in [-0.4, -0.2) is 105 Å². The summed E-state index contributed by atoms with van der Waals surface area (Å²) in [5.41, 5.74) is -3.30. The summed E-state index contributed by atoms with van der Waals surface area (Å²) in [6.07, 6.45) is 4.05. The number of piperidine rings is 1. The highest BCUT2D eigenvalue weighted by molar-refractivity contribution is 5.67. The lowest BCUT2D eigenvalue weighted by molar-refractivity contribution is -0.259. The molecule has 0 aromatic carbocycles. The van der Waals surface area contributed by atoms with Gasteiger partial charge in [-0.2, -0.15) is 0 Å². The largest absolute Gasteiger partial charge is 0.459 e. The number of carbonyl (C=O) groups is 1. The predicted octanol–water partition coefficient (Wildman–Crippen LogP) is 1.37. The second kappa shape index (κ2) is 7.77. The normalized spacial score (nSPS) is 58.8. The third-order valence-electron chi connectivity index (χ3n) is 11.9. The molecule has 7 bridgehead atoms. The lowest BCUT2D eigenvalue weighted by Gasteiger charge is -2.65. The number of nitrogens with zero attached hydrogens (tertiary/aromatic N) is 1. The van der Waals surface area contributed by atoms with Gasteiger partial charge in [-0.25, -0.2) is 0 Å². The van der Waals surface area contributed by atoms with E-state index in [0.29, 0.717) is 6.42 Å². The van der Waals surface area contributed by atoms with Crippen LogP contribution in [0.5, 0.6) is 0 Å². The Bertz CT molecular complexity index is 1020. The van der Waals surface area contributed by atoms with Gasteiger partial charge in [0.25, 0.3) is 0 Å². The van der Waals surface area contributed by atoms with Gasteiger partial charge >= 0.3 is 5.97 Å². The van der Waals surface area contributed by atoms with E-state index in [9.17, 15) is 9.90 Å². The van der Waals surface area contributed by atoms with Gasteiger partial charge in [-0.3, -0.25) is 9.69 Å². The Morgan fingerprint density at radius 2 is 1.97 bits per heavy atom. The molecule has 0 aromatic rings. The van der Waals surface area contributed by atoms with Gasteiger partial charge in [0, 0.05) is 58.0 Å². The van der Waals surface area contributed by atoms with Gasteiger partial charge in [0.05, 0.1) is 41.5 Å². The van der Waals surface area contributed by atoms with E-state index in [2.05, 4.69) is 30.9 Å². The molecule has 37 heavy (non-hydrogen) atoms. The summed E-state index contributed by atoms with van der Waals surface area (Å²) in [5, 5.41) is 13.5. The van der Waals surface area contributed by atoms with E-state index < -0.39 is 28.8 Å². The summed E-state index contributed by atoms with van der Waals surface area (Å²) in [6, 6.07) is -0.261. The first-order valence-corrected chi connectivity index (χ1v) is 13.9. The fourth-order valence-corrected chi connectivity index (χ4v) is 11.3. The predicted molar refractivity (Wildman–Crippen MR) is 130 cm³/mol. The zero-order chi connectivity index (χ0) is 26.1. The van der Waals surface area contributed by atoms with Gasteiger partial charge in [0.1, 0.15) is 12.9 Å². The number of carbonyl (C=O) groups excluding carboxylic acids is 1. The van der Waals surface area contributed by atoms with Gasteiger partial charge in [-0.1, -0.05) is 26.0 Å². The van der Waals surface area contributed by atoms with E-state index >= 15 is 0 Å². The molecule has 14 atom stereocenters. The summed E-state index contributed by atoms with van der Waals surface area (Å²) in [6.45, 7) is 7.55. The third kappa shape index (κ3) is 2.51. The molecule has 7 aliphatic rings. The second-order valence-corrected chi connectivity index (χ2v) is 12.8. The van der Waals surface area contributed by atoms with Crippen LogP contribution in [0.4, 0.5) is 0 Å². The number of rotatable bonds is 5. The average Bonchev–Trinajstić information content (AvgIpc) is 3.44. The van der Waals surface area contributed by atoms with Crippen molar-refractivity contribution in [1.82, 2.24) is 4.90 Å². The molecule has 9 nitrogen and oxygen atoms in total. The van der Waals surface area contributed by atoms with Crippen molar-refractivity contribution >= 4 is 5.97 Å². The first kappa shape index (κ1) is 24.9. The Labute approximate surface area is 218 Å². The zero-order valence-electron chi connectivity index (χ0n) is 22.7. The van der Waals surface area contributed by atoms with Crippen LogP contribution in [0.15, 0.2) is 12.2 Å². The highest BCUT2D eigenvalue weighted by Gasteiger charge is 2.91. The number of likely N-dealkylation sites (tertiary alicyclic amines) is 1. The molecular weight excluding hydrogens is 478 g/mol. The van der Waals surface area contributed by atoms with Crippen LogP contribution in [0.2, 0.25) is 0 Å². The summed E-state index contributed by atoms with van der Waals surface area (Å²) in [5.74, 6) is -0.791. The Kier molecular flexibility index (Phi) is 5.24. The van der Waals surface area contributed by atoms with Crippen LogP contribution in [0.1, 0.15) is 33.6 Å². The fraction of sp³-hybridized carbons (Fsp3) is 0.893. The van der Waals surface area contributed by atoms with Crippen molar-refractivity contribution in [3.8, 4) is 0 Å². The molecule has 2 saturated heterocycles. The van der Waals surface area contributed by atoms with E-state index in [1.165, 1.54) is 6.92 Å². The molecular formula is C28H41NO8. The van der Waals surface area contributed by atoms with Gasteiger partial charge in [-0.15, -0.1) is 0 Å². The topological polar surface area (TPSA) is 95.9 Å². The molecule has 6 fully saturated rings. The SMILES string of the molecule is CCN1CC2(C)C=CC(OC)C34C2C(OC(C)=O)C2(OCOC2C2CC(OC)C5CC3(O)C2C5OC)C14. The monoisotopic (exact) mass is 519 g/mol. The molecule has 0 radical (unpaired) electrons. The van der Waals surface area contributed by atoms with Crippen LogP contribution in [0.25, 0.3) is 0 Å². The minimum absolute atomic E-state index is 0.0451. The third-order valence-corrected chi connectivity index (χ3v) is 11.9. The molecule has 206 valence electrons. The minimum atomic E-state index is -1.18. The average molecular weight is 520 g/mol. The quantitative estimate of drug-likeness (QED) is 0.427. The highest BCUT2D eigenvalue weighted by Crippen LogP contribution is 2.79. The van der Waals surface area contributed by atoms with E-state index in [-0.39, 0.29) is 66.2 Å². The smallest absolute Gasteiger partial charge is 0.303 e. The van der Waals surface area contributed by atoms with Crippen molar-refractivity contribution < 1.29 is 38.3 Å². The molecule has 7 rings (SSSR count). The molecule has 1 N–H and O–H groups in total. The molecule has 4 saturated carbocycles. The number of ether oxygens (including phenoxy) is 6. The standard InChI is InChI=1S/C28H41NO8/c1-7-29-12-25(3)9-8-18(33-5)27-21(25)23(37-14(2)30)28(24(27)29)22(35-13-36-28)15-10-17(32-4)16-11-26(27,31)19(15)20(16)34-6/h8-9,15-24,31H,7,10-13H2,1-6H3. The molecule has 0 aromatic heterocycles. The number of fused-ring (bicyclic) bond motifs is 2. The van der Waals surface area contributed by atoms with Gasteiger partial charge < -0.3 is 33.5 Å². The Balaban J connectivity index is 1.59. The first-order chi connectivity index (χ1) is 17.7. The van der Waals surface area contributed by atoms with Crippen molar-refractivity contribution in [1.29, 1.82) is 0 Å². The van der Waals surface area contributed by atoms with E-state index in [4.69, 9.17) is 28.4 Å². The van der Waals surface area contributed by atoms with Crippen molar-refractivity contribution in [2.75, 3.05) is 41.2 Å². The molecule has 14 unspecified atom stereocenters. The van der Waals surface area contributed by atoms with E-state index in [1.807, 2.05) is 0 Å². The van der Waals surface area contributed by atoms with Crippen LogP contribution >= 0.6 is 0 Å². The molecule has 5 aliphatic carbocycles. The zero-order valence-corrected chi connectivity index (χ0v) is 22.7. The second-order valence-electron chi connectivity index (χ2n) is 12.8. The highest BCUT2D eigenvalue weighted by atomic mass is 16.7. The molecule has 9 heteroatoms. The number of likely N-dealkylation sites (N-methyl/N-ethyl adjacent to an activating group) is 1. The number of hydrogen-bond donors (Lipinski definition) is 1. The van der Waals surface area contributed by atoms with Crippen molar-refractivity contribution in [3.05, 3.63) is 12.2 Å². The van der Waals surface area contributed by atoms with Crippen molar-refractivity contribution in [2.45, 2.75) is 81.4 Å². The van der Waals surface area contributed by atoms with Crippen LogP contribution < -0.4 is 0 Å². The van der Waals surface area contributed by atoms with Crippen LogP contribution in [0, 0.1) is 34.5 Å². The first-order valence-electron chi connectivity index (χ1n) is 13.9. The van der Waals surface area contributed by atoms with E-state index in [0.717, 1.165) is 19.5 Å². The molecule has 2 spiro atoms. The summed E-state index contributed by atoms with van der Waals surface area (Å²) < 4.78 is 38.3. The van der Waals surface area contributed by atoms with Crippen molar-refractivity contribution in [2.24, 2.45) is 34.5 Å². The Morgan fingerprint density at radius 3 is 2.62 bits per heavy atom. The summed E-state index contributed by atoms with van der Waals surface area (Å²) in [4.78, 5) is 15.2. The van der Waals surface area contributed by atoms with Gasteiger partial charge in [0.15, 0.2) is 5.60 Å². The summed E-state index contributed by atoms with van der Waals surface area (Å²) >= 11 is 0. The van der Waals surface area contributed by atoms with Gasteiger partial charge in [-0.05, 0) is 25.3 Å². The number of methoxy groups -OCH3 is 3. The lowest BCUT2D eigenvalue weighted by Crippen LogP contribution is -2.75. The van der Waals surface area contributed by atoms with Crippen LogP contribution in [0.3, 0.4) is 0 Å². The Hall–Kier alpha value is -1.07. The van der Waals surface area contributed by atoms with E-state index in [1.54, 1.807) is 21.3 Å². The molecule has 2 heterocycles. The maximum absolute atomic E-state index is 13.5. The van der Waals surface area contributed by atoms with Gasteiger partial charge in [0.2, 0.25) is 0 Å². The number of aliphatic hydroxyl groups is 1. The number of esters is 1. The minimum Gasteiger partial charge on any atom is -0.459 e. The Morgan fingerprint density at radius 1 is 1.19 bits per heavy atom. The maximum Gasteiger partial charge on any atom is 0.303 e. The maximum atomic E-state index is 13.5. The number of hydrogen-bond acceptors (Lipinski definition) is 9. The van der Waals surface area contributed by atoms with Crippen LogP contribution in [-0.2, 0) is 33.2 Å². The fourth-order valence-electron chi connectivity index (χ4n) is 11.3. The molecule has 0 amide bonds. The molecule has 2 aliphatic heterocycles.